The molecule has 0 unspecified atom stereocenters. The van der Waals surface area contributed by atoms with Gasteiger partial charge in [0.1, 0.15) is 0 Å². The van der Waals surface area contributed by atoms with Gasteiger partial charge in [-0.25, -0.2) is 0 Å². The largest absolute Gasteiger partial charge is 0.338 e. The highest BCUT2D eigenvalue weighted by molar-refractivity contribution is 9.10. The van der Waals surface area contributed by atoms with Crippen LogP contribution in [-0.2, 0) is 6.54 Å². The van der Waals surface area contributed by atoms with Crippen LogP contribution in [0.25, 0.3) is 0 Å². The first kappa shape index (κ1) is 14.6. The lowest BCUT2D eigenvalue weighted by Crippen LogP contribution is -2.51. The molecule has 1 aliphatic rings. The van der Waals surface area contributed by atoms with E-state index in [-0.39, 0.29) is 5.91 Å². The van der Waals surface area contributed by atoms with Crippen molar-refractivity contribution in [2.24, 2.45) is 5.92 Å². The maximum Gasteiger partial charge on any atom is 0.254 e. The van der Waals surface area contributed by atoms with Crippen LogP contribution < -0.4 is 0 Å². The number of carbonyl (C=O) groups excluding carboxylic acids is 1. The standard InChI is InChI=1S/C15H15BrClN3O/c1-10-13(3-2-4-14(10)16)15(21)19-6-11(7-19)8-20-9-12(17)5-18-20/h2-5,9,11H,6-8H2,1H3. The van der Waals surface area contributed by atoms with E-state index in [2.05, 4.69) is 21.0 Å². The molecule has 2 heterocycles. The Kier molecular flexibility index (Phi) is 4.04. The van der Waals surface area contributed by atoms with E-state index in [9.17, 15) is 4.79 Å². The molecule has 110 valence electrons. The van der Waals surface area contributed by atoms with Gasteiger partial charge in [0.2, 0.25) is 0 Å². The van der Waals surface area contributed by atoms with Crippen LogP contribution in [0, 0.1) is 12.8 Å². The smallest absolute Gasteiger partial charge is 0.254 e. The number of likely N-dealkylation sites (tertiary alicyclic amines) is 1. The lowest BCUT2D eigenvalue weighted by Gasteiger charge is -2.39. The van der Waals surface area contributed by atoms with E-state index >= 15 is 0 Å². The second-order valence-electron chi connectivity index (χ2n) is 5.37. The molecule has 0 bridgehead atoms. The number of nitrogens with zero attached hydrogens (tertiary/aromatic N) is 3. The number of halogens is 2. The molecule has 1 aliphatic heterocycles. The molecule has 1 fully saturated rings. The first-order valence-electron chi connectivity index (χ1n) is 6.77. The fourth-order valence-corrected chi connectivity index (χ4v) is 3.09. The van der Waals surface area contributed by atoms with E-state index in [1.807, 2.05) is 40.9 Å². The van der Waals surface area contributed by atoms with Crippen molar-refractivity contribution >= 4 is 33.4 Å². The third-order valence-corrected chi connectivity index (χ3v) is 4.84. The van der Waals surface area contributed by atoms with E-state index in [4.69, 9.17) is 11.6 Å². The molecular formula is C15H15BrClN3O. The summed E-state index contributed by atoms with van der Waals surface area (Å²) >= 11 is 9.31. The first-order chi connectivity index (χ1) is 10.0. The normalized spacial score (nSPS) is 15.1. The maximum absolute atomic E-state index is 12.5. The molecule has 0 saturated carbocycles. The van der Waals surface area contributed by atoms with Gasteiger partial charge < -0.3 is 4.90 Å². The number of amides is 1. The van der Waals surface area contributed by atoms with Crippen LogP contribution in [0.1, 0.15) is 15.9 Å². The van der Waals surface area contributed by atoms with Gasteiger partial charge in [0.25, 0.3) is 5.91 Å². The fraction of sp³-hybridized carbons (Fsp3) is 0.333. The van der Waals surface area contributed by atoms with E-state index < -0.39 is 0 Å². The summed E-state index contributed by atoms with van der Waals surface area (Å²) < 4.78 is 2.80. The minimum Gasteiger partial charge on any atom is -0.338 e. The molecular weight excluding hydrogens is 354 g/mol. The topological polar surface area (TPSA) is 38.1 Å². The summed E-state index contributed by atoms with van der Waals surface area (Å²) in [6, 6.07) is 5.73. The predicted molar refractivity (Wildman–Crippen MR) is 85.5 cm³/mol. The quantitative estimate of drug-likeness (QED) is 0.833. The van der Waals surface area contributed by atoms with Gasteiger partial charge in [-0.05, 0) is 24.6 Å². The summed E-state index contributed by atoms with van der Waals surface area (Å²) in [4.78, 5) is 14.3. The summed E-state index contributed by atoms with van der Waals surface area (Å²) in [6.45, 7) is 4.29. The van der Waals surface area contributed by atoms with Gasteiger partial charge in [-0.2, -0.15) is 5.10 Å². The molecule has 0 radical (unpaired) electrons. The number of benzene rings is 1. The lowest BCUT2D eigenvalue weighted by atomic mass is 9.97. The Morgan fingerprint density at radius 1 is 1.48 bits per heavy atom. The molecule has 2 aromatic rings. The molecule has 1 amide bonds. The van der Waals surface area contributed by atoms with Crippen LogP contribution in [0.2, 0.25) is 5.02 Å². The lowest BCUT2D eigenvalue weighted by molar-refractivity contribution is 0.0460. The zero-order valence-corrected chi connectivity index (χ0v) is 13.9. The van der Waals surface area contributed by atoms with Gasteiger partial charge in [0, 0.05) is 41.8 Å². The second-order valence-corrected chi connectivity index (χ2v) is 6.66. The van der Waals surface area contributed by atoms with Gasteiger partial charge in [-0.1, -0.05) is 33.6 Å². The van der Waals surface area contributed by atoms with E-state index in [1.165, 1.54) is 0 Å². The average Bonchev–Trinajstić information content (AvgIpc) is 2.81. The number of hydrogen-bond donors (Lipinski definition) is 0. The molecule has 0 atom stereocenters. The van der Waals surface area contributed by atoms with Crippen molar-refractivity contribution < 1.29 is 4.79 Å². The van der Waals surface area contributed by atoms with E-state index in [1.54, 1.807) is 6.20 Å². The van der Waals surface area contributed by atoms with Crippen molar-refractivity contribution in [3.8, 4) is 0 Å². The molecule has 0 aliphatic carbocycles. The van der Waals surface area contributed by atoms with Crippen LogP contribution in [0.4, 0.5) is 0 Å². The van der Waals surface area contributed by atoms with Crippen molar-refractivity contribution in [2.45, 2.75) is 13.5 Å². The molecule has 1 aromatic carbocycles. The second kappa shape index (κ2) is 5.81. The summed E-state index contributed by atoms with van der Waals surface area (Å²) in [7, 11) is 0. The van der Waals surface area contributed by atoms with Crippen molar-refractivity contribution in [3.63, 3.8) is 0 Å². The number of carbonyl (C=O) groups is 1. The molecule has 6 heteroatoms. The highest BCUT2D eigenvalue weighted by Gasteiger charge is 2.32. The van der Waals surface area contributed by atoms with Crippen LogP contribution in [-0.4, -0.2) is 33.7 Å². The van der Waals surface area contributed by atoms with Gasteiger partial charge in [-0.15, -0.1) is 0 Å². The average molecular weight is 369 g/mol. The Labute approximate surface area is 136 Å². The zero-order valence-electron chi connectivity index (χ0n) is 11.6. The molecule has 1 aromatic heterocycles. The SMILES string of the molecule is Cc1c(Br)cccc1C(=O)N1CC(Cn2cc(Cl)cn2)C1. The van der Waals surface area contributed by atoms with Crippen molar-refractivity contribution in [3.05, 3.63) is 51.2 Å². The van der Waals surface area contributed by atoms with Crippen molar-refractivity contribution in [2.75, 3.05) is 13.1 Å². The van der Waals surface area contributed by atoms with E-state index in [0.29, 0.717) is 10.9 Å². The number of rotatable bonds is 3. The minimum atomic E-state index is 0.101. The molecule has 4 nitrogen and oxygen atoms in total. The highest BCUT2D eigenvalue weighted by atomic mass is 79.9. The maximum atomic E-state index is 12.5. The zero-order chi connectivity index (χ0) is 15.0. The summed E-state index contributed by atoms with van der Waals surface area (Å²) in [5.41, 5.74) is 1.76. The van der Waals surface area contributed by atoms with Crippen molar-refractivity contribution in [1.29, 1.82) is 0 Å². The Morgan fingerprint density at radius 3 is 2.90 bits per heavy atom. The third-order valence-electron chi connectivity index (χ3n) is 3.79. The molecule has 0 spiro atoms. The Morgan fingerprint density at radius 2 is 2.24 bits per heavy atom. The van der Waals surface area contributed by atoms with Gasteiger partial charge in [0.15, 0.2) is 0 Å². The van der Waals surface area contributed by atoms with E-state index in [0.717, 1.165) is 35.2 Å². The fourth-order valence-electron chi connectivity index (χ4n) is 2.56. The first-order valence-corrected chi connectivity index (χ1v) is 7.94. The van der Waals surface area contributed by atoms with Gasteiger partial charge >= 0.3 is 0 Å². The third kappa shape index (κ3) is 2.99. The Bertz CT molecular complexity index is 679. The molecule has 1 saturated heterocycles. The Hall–Kier alpha value is -1.33. The molecule has 0 N–H and O–H groups in total. The number of hydrogen-bond acceptors (Lipinski definition) is 2. The minimum absolute atomic E-state index is 0.101. The van der Waals surface area contributed by atoms with Crippen LogP contribution >= 0.6 is 27.5 Å². The predicted octanol–water partition coefficient (Wildman–Crippen LogP) is 3.38. The summed E-state index contributed by atoms with van der Waals surface area (Å²) in [5.74, 6) is 0.543. The summed E-state index contributed by atoms with van der Waals surface area (Å²) in [5, 5.41) is 4.81. The summed E-state index contributed by atoms with van der Waals surface area (Å²) in [6.07, 6.45) is 3.44. The Balaban J connectivity index is 1.61. The van der Waals surface area contributed by atoms with Crippen LogP contribution in [0.15, 0.2) is 35.1 Å². The highest BCUT2D eigenvalue weighted by Crippen LogP contribution is 2.25. The molecule has 21 heavy (non-hydrogen) atoms. The van der Waals surface area contributed by atoms with Gasteiger partial charge in [-0.3, -0.25) is 9.48 Å². The monoisotopic (exact) mass is 367 g/mol. The molecule has 3 rings (SSSR count). The van der Waals surface area contributed by atoms with Crippen LogP contribution in [0.5, 0.6) is 0 Å². The van der Waals surface area contributed by atoms with Crippen LogP contribution in [0.3, 0.4) is 0 Å². The number of aromatic nitrogens is 2. The van der Waals surface area contributed by atoms with Crippen molar-refractivity contribution in [1.82, 2.24) is 14.7 Å². The van der Waals surface area contributed by atoms with Gasteiger partial charge in [0.05, 0.1) is 11.2 Å².